The molecule has 1 unspecified atom stereocenters. The summed E-state index contributed by atoms with van der Waals surface area (Å²) in [5, 5.41) is 16.0. The van der Waals surface area contributed by atoms with Crippen LogP contribution < -0.4 is 5.32 Å². The zero-order chi connectivity index (χ0) is 11.8. The number of hydrogen-bond acceptors (Lipinski definition) is 5. The number of hydrogen-bond donors (Lipinski definition) is 1. The molecule has 0 amide bonds. The molecule has 1 rings (SSSR count). The highest BCUT2D eigenvalue weighted by molar-refractivity contribution is 7.15. The van der Waals surface area contributed by atoms with Gasteiger partial charge in [0.15, 0.2) is 0 Å². The summed E-state index contributed by atoms with van der Waals surface area (Å²) in [4.78, 5) is 6.66. The van der Waals surface area contributed by atoms with Crippen LogP contribution in [-0.2, 0) is 0 Å². The van der Waals surface area contributed by atoms with E-state index in [4.69, 9.17) is 22.4 Å². The fraction of sp³-hybridized carbons (Fsp3) is 0.500. The van der Waals surface area contributed by atoms with Crippen molar-refractivity contribution >= 4 is 22.9 Å². The fourth-order valence-electron chi connectivity index (χ4n) is 1.03. The summed E-state index contributed by atoms with van der Waals surface area (Å²) < 4.78 is 0.561. The first-order valence-electron chi connectivity index (χ1n) is 4.53. The first kappa shape index (κ1) is 12.7. The maximum atomic E-state index is 8.92. The van der Waals surface area contributed by atoms with Crippen molar-refractivity contribution in [2.24, 2.45) is 5.11 Å². The number of nitriles is 1. The SMILES string of the molecule is N#CC(NCCCN=[N+]=[N-])c1ncc(Cl)s1. The second kappa shape index (κ2) is 7.04. The molecule has 1 N–H and O–H groups in total. The van der Waals surface area contributed by atoms with Crippen LogP contribution in [0, 0.1) is 11.3 Å². The normalized spacial score (nSPS) is 11.5. The molecule has 0 saturated carbocycles. The third-order valence-electron chi connectivity index (χ3n) is 1.72. The zero-order valence-corrected chi connectivity index (χ0v) is 9.87. The second-order valence-electron chi connectivity index (χ2n) is 2.83. The van der Waals surface area contributed by atoms with Gasteiger partial charge >= 0.3 is 0 Å². The van der Waals surface area contributed by atoms with Crippen molar-refractivity contribution in [2.45, 2.75) is 12.5 Å². The van der Waals surface area contributed by atoms with Crippen LogP contribution in [0.1, 0.15) is 17.5 Å². The van der Waals surface area contributed by atoms with E-state index in [1.807, 2.05) is 0 Å². The van der Waals surface area contributed by atoms with Gasteiger partial charge in [-0.05, 0) is 18.5 Å². The third kappa shape index (κ3) is 4.04. The van der Waals surface area contributed by atoms with Gasteiger partial charge in [0.25, 0.3) is 0 Å². The number of nitrogens with one attached hydrogen (secondary N) is 1. The lowest BCUT2D eigenvalue weighted by Crippen LogP contribution is -2.21. The summed E-state index contributed by atoms with van der Waals surface area (Å²) >= 11 is 7.00. The quantitative estimate of drug-likeness (QED) is 0.367. The van der Waals surface area contributed by atoms with Crippen molar-refractivity contribution in [2.75, 3.05) is 13.1 Å². The van der Waals surface area contributed by atoms with Crippen LogP contribution in [0.25, 0.3) is 10.4 Å². The van der Waals surface area contributed by atoms with Crippen molar-refractivity contribution in [3.63, 3.8) is 0 Å². The highest BCUT2D eigenvalue weighted by atomic mass is 35.5. The molecule has 0 bridgehead atoms. The minimum absolute atomic E-state index is 0.417. The molecular formula is C8H9ClN6S. The summed E-state index contributed by atoms with van der Waals surface area (Å²) in [6, 6.07) is 1.64. The predicted molar refractivity (Wildman–Crippen MR) is 62.1 cm³/mol. The smallest absolute Gasteiger partial charge is 0.148 e. The van der Waals surface area contributed by atoms with Crippen LogP contribution in [0.5, 0.6) is 0 Å². The molecule has 1 aromatic heterocycles. The molecule has 0 radical (unpaired) electrons. The topological polar surface area (TPSA) is 97.5 Å². The minimum Gasteiger partial charge on any atom is -0.296 e. The third-order valence-corrected chi connectivity index (χ3v) is 2.90. The molecular weight excluding hydrogens is 248 g/mol. The predicted octanol–water partition coefficient (Wildman–Crippen LogP) is 2.65. The Morgan fingerprint density at radius 2 is 2.62 bits per heavy atom. The summed E-state index contributed by atoms with van der Waals surface area (Å²) in [7, 11) is 0. The molecule has 0 aromatic carbocycles. The largest absolute Gasteiger partial charge is 0.296 e. The van der Waals surface area contributed by atoms with Gasteiger partial charge in [-0.15, -0.1) is 11.3 Å². The summed E-state index contributed by atoms with van der Waals surface area (Å²) in [6.07, 6.45) is 2.20. The molecule has 16 heavy (non-hydrogen) atoms. The number of azide groups is 1. The molecule has 0 aliphatic heterocycles. The van der Waals surface area contributed by atoms with Crippen molar-refractivity contribution < 1.29 is 0 Å². The monoisotopic (exact) mass is 256 g/mol. The number of rotatable bonds is 6. The summed E-state index contributed by atoms with van der Waals surface area (Å²) in [5.41, 5.74) is 8.06. The van der Waals surface area contributed by atoms with E-state index in [1.54, 1.807) is 0 Å². The molecule has 6 nitrogen and oxygen atoms in total. The van der Waals surface area contributed by atoms with Crippen molar-refractivity contribution in [1.29, 1.82) is 5.26 Å². The maximum Gasteiger partial charge on any atom is 0.148 e. The first-order chi connectivity index (χ1) is 7.77. The van der Waals surface area contributed by atoms with Crippen LogP contribution in [0.4, 0.5) is 0 Å². The van der Waals surface area contributed by atoms with Crippen LogP contribution >= 0.6 is 22.9 Å². The van der Waals surface area contributed by atoms with Crippen LogP contribution in [0.2, 0.25) is 4.34 Å². The van der Waals surface area contributed by atoms with Gasteiger partial charge in [0.05, 0.1) is 12.3 Å². The average molecular weight is 257 g/mol. The second-order valence-corrected chi connectivity index (χ2v) is 4.52. The molecule has 84 valence electrons. The Bertz CT molecular complexity index is 418. The van der Waals surface area contributed by atoms with Crippen molar-refractivity contribution in [3.8, 4) is 6.07 Å². The Hall–Kier alpha value is -1.32. The number of aromatic nitrogens is 1. The lowest BCUT2D eigenvalue weighted by atomic mass is 10.3. The van der Waals surface area contributed by atoms with Crippen LogP contribution in [0.3, 0.4) is 0 Å². The van der Waals surface area contributed by atoms with Gasteiger partial charge in [0.2, 0.25) is 0 Å². The highest BCUT2D eigenvalue weighted by Gasteiger charge is 2.13. The van der Waals surface area contributed by atoms with Gasteiger partial charge in [-0.3, -0.25) is 5.32 Å². The lowest BCUT2D eigenvalue weighted by Gasteiger charge is -2.06. The average Bonchev–Trinajstić information content (AvgIpc) is 2.70. The number of halogens is 1. The molecule has 1 heterocycles. The van der Waals surface area contributed by atoms with E-state index in [0.29, 0.717) is 28.9 Å². The highest BCUT2D eigenvalue weighted by Crippen LogP contribution is 2.23. The molecule has 0 aliphatic rings. The zero-order valence-electron chi connectivity index (χ0n) is 8.30. The van der Waals surface area contributed by atoms with E-state index in [2.05, 4.69) is 26.4 Å². The number of thiazole rings is 1. The van der Waals surface area contributed by atoms with Gasteiger partial charge in [0.1, 0.15) is 15.4 Å². The molecule has 1 atom stereocenters. The first-order valence-corrected chi connectivity index (χ1v) is 5.72. The van der Waals surface area contributed by atoms with Gasteiger partial charge in [-0.2, -0.15) is 5.26 Å². The van der Waals surface area contributed by atoms with Crippen molar-refractivity contribution in [1.82, 2.24) is 10.3 Å². The Kier molecular flexibility index (Phi) is 5.61. The number of nitrogens with zero attached hydrogens (tertiary/aromatic N) is 5. The summed E-state index contributed by atoms with van der Waals surface area (Å²) in [6.45, 7) is 1.01. The Morgan fingerprint density at radius 1 is 1.81 bits per heavy atom. The van der Waals surface area contributed by atoms with E-state index in [1.165, 1.54) is 17.5 Å². The molecule has 0 aliphatic carbocycles. The Morgan fingerprint density at radius 3 is 3.19 bits per heavy atom. The van der Waals surface area contributed by atoms with Gasteiger partial charge < -0.3 is 0 Å². The molecule has 0 saturated heterocycles. The van der Waals surface area contributed by atoms with Crippen molar-refractivity contribution in [3.05, 3.63) is 26.0 Å². The minimum atomic E-state index is -0.455. The molecule has 0 fully saturated rings. The lowest BCUT2D eigenvalue weighted by molar-refractivity contribution is 0.605. The van der Waals surface area contributed by atoms with Gasteiger partial charge in [-0.1, -0.05) is 16.7 Å². The molecule has 8 heteroatoms. The van der Waals surface area contributed by atoms with E-state index >= 15 is 0 Å². The Balaban J connectivity index is 2.39. The van der Waals surface area contributed by atoms with E-state index in [-0.39, 0.29) is 0 Å². The molecule has 1 aromatic rings. The summed E-state index contributed by atoms with van der Waals surface area (Å²) in [5.74, 6) is 0. The van der Waals surface area contributed by atoms with Crippen LogP contribution in [0.15, 0.2) is 11.3 Å². The fourth-order valence-corrected chi connectivity index (χ4v) is 1.98. The Labute approximate surface area is 101 Å². The van der Waals surface area contributed by atoms with Gasteiger partial charge in [0, 0.05) is 11.5 Å². The van der Waals surface area contributed by atoms with Crippen LogP contribution in [-0.4, -0.2) is 18.1 Å². The standard InChI is InChI=1S/C8H9ClN6S/c9-7-5-13-8(16-7)6(4-10)12-2-1-3-14-15-11/h5-6,12H,1-3H2. The van der Waals surface area contributed by atoms with E-state index in [0.717, 1.165) is 0 Å². The van der Waals surface area contributed by atoms with E-state index in [9.17, 15) is 0 Å². The van der Waals surface area contributed by atoms with Gasteiger partial charge in [-0.25, -0.2) is 4.98 Å². The maximum absolute atomic E-state index is 8.92. The van der Waals surface area contributed by atoms with E-state index < -0.39 is 6.04 Å². The molecule has 0 spiro atoms.